The van der Waals surface area contributed by atoms with Gasteiger partial charge in [-0.3, -0.25) is 0 Å². The third-order valence-corrected chi connectivity index (χ3v) is 2.85. The molecule has 3 nitrogen and oxygen atoms in total. The molecule has 0 fully saturated rings. The summed E-state index contributed by atoms with van der Waals surface area (Å²) in [6, 6.07) is 8.08. The Morgan fingerprint density at radius 3 is 2.89 bits per heavy atom. The quantitative estimate of drug-likeness (QED) is 0.724. The molecular weight excluding hydrogens is 255 g/mol. The summed E-state index contributed by atoms with van der Waals surface area (Å²) in [5.74, 6) is 0.328. The second-order valence-electron chi connectivity index (χ2n) is 3.86. The van der Waals surface area contributed by atoms with E-state index in [1.807, 2.05) is 0 Å². The van der Waals surface area contributed by atoms with Crippen LogP contribution in [0.15, 0.2) is 40.9 Å². The Balaban J connectivity index is 2.26. The van der Waals surface area contributed by atoms with Crippen molar-refractivity contribution in [2.24, 2.45) is 0 Å². The fourth-order valence-electron chi connectivity index (χ4n) is 1.81. The molecule has 18 heavy (non-hydrogen) atoms. The molecule has 0 aliphatic heterocycles. The molecule has 0 saturated carbocycles. The number of para-hydroxylation sites is 1. The molecule has 2 aromatic heterocycles. The summed E-state index contributed by atoms with van der Waals surface area (Å²) in [6.45, 7) is 0. The molecule has 2 N–H and O–H groups in total. The minimum Gasteiger partial charge on any atom is -0.453 e. The van der Waals surface area contributed by atoms with Crippen LogP contribution >= 0.6 is 11.6 Å². The summed E-state index contributed by atoms with van der Waals surface area (Å²) >= 11 is 5.86. The monoisotopic (exact) mass is 262 g/mol. The number of halogens is 2. The molecule has 0 radical (unpaired) electrons. The van der Waals surface area contributed by atoms with Gasteiger partial charge < -0.3 is 10.2 Å². The molecule has 0 amide bonds. The molecule has 0 atom stereocenters. The molecule has 0 saturated heterocycles. The number of hydrogen-bond donors (Lipinski definition) is 1. The Hall–Kier alpha value is -2.07. The van der Waals surface area contributed by atoms with Crippen molar-refractivity contribution in [2.75, 3.05) is 5.73 Å². The van der Waals surface area contributed by atoms with Gasteiger partial charge in [0.1, 0.15) is 11.6 Å². The van der Waals surface area contributed by atoms with E-state index in [2.05, 4.69) is 4.98 Å². The first kappa shape index (κ1) is 11.0. The van der Waals surface area contributed by atoms with Crippen LogP contribution in [-0.2, 0) is 0 Å². The van der Waals surface area contributed by atoms with E-state index in [4.69, 9.17) is 21.8 Å². The van der Waals surface area contributed by atoms with E-state index in [0.29, 0.717) is 27.6 Å². The van der Waals surface area contributed by atoms with E-state index in [-0.39, 0.29) is 5.58 Å². The molecular formula is C13H8ClFN2O. The van der Waals surface area contributed by atoms with Crippen molar-refractivity contribution in [3.63, 3.8) is 0 Å². The number of benzene rings is 1. The molecule has 0 aliphatic carbocycles. The summed E-state index contributed by atoms with van der Waals surface area (Å²) in [4.78, 5) is 3.94. The van der Waals surface area contributed by atoms with Crippen molar-refractivity contribution < 1.29 is 8.81 Å². The maximum absolute atomic E-state index is 13.5. The molecule has 3 rings (SSSR count). The smallest absolute Gasteiger partial charge is 0.170 e. The number of hydrogen-bond acceptors (Lipinski definition) is 3. The number of nitrogen functional groups attached to an aromatic ring is 1. The van der Waals surface area contributed by atoms with Crippen LogP contribution in [0.5, 0.6) is 0 Å². The van der Waals surface area contributed by atoms with E-state index in [1.54, 1.807) is 24.3 Å². The van der Waals surface area contributed by atoms with E-state index < -0.39 is 5.82 Å². The SMILES string of the molecule is Nc1ncc(Cl)cc1-c1cc2cccc(F)c2o1. The molecule has 0 aliphatic rings. The highest BCUT2D eigenvalue weighted by atomic mass is 35.5. The molecule has 2 heterocycles. The van der Waals surface area contributed by atoms with Gasteiger partial charge in [0.15, 0.2) is 11.4 Å². The average Bonchev–Trinajstić information content (AvgIpc) is 2.77. The number of nitrogens with two attached hydrogens (primary N) is 1. The van der Waals surface area contributed by atoms with Gasteiger partial charge in [-0.05, 0) is 18.2 Å². The molecule has 0 bridgehead atoms. The second-order valence-corrected chi connectivity index (χ2v) is 4.29. The van der Waals surface area contributed by atoms with Crippen LogP contribution in [0.1, 0.15) is 0 Å². The summed E-state index contributed by atoms with van der Waals surface area (Å²) in [5.41, 5.74) is 6.51. The fourth-order valence-corrected chi connectivity index (χ4v) is 1.97. The lowest BCUT2D eigenvalue weighted by Gasteiger charge is -2.01. The van der Waals surface area contributed by atoms with Crippen molar-refractivity contribution >= 4 is 28.4 Å². The van der Waals surface area contributed by atoms with Gasteiger partial charge in [-0.15, -0.1) is 0 Å². The first-order chi connectivity index (χ1) is 8.65. The Morgan fingerprint density at radius 1 is 1.28 bits per heavy atom. The minimum atomic E-state index is -0.410. The first-order valence-corrected chi connectivity index (χ1v) is 5.62. The van der Waals surface area contributed by atoms with Crippen molar-refractivity contribution in [1.29, 1.82) is 0 Å². The van der Waals surface area contributed by atoms with Gasteiger partial charge in [0.05, 0.1) is 10.6 Å². The largest absolute Gasteiger partial charge is 0.453 e. The zero-order valence-corrected chi connectivity index (χ0v) is 9.91. The normalized spacial score (nSPS) is 11.0. The van der Waals surface area contributed by atoms with Gasteiger partial charge in [-0.1, -0.05) is 23.7 Å². The van der Waals surface area contributed by atoms with Crippen molar-refractivity contribution in [3.05, 3.63) is 47.4 Å². The predicted molar refractivity (Wildman–Crippen MR) is 68.8 cm³/mol. The minimum absolute atomic E-state index is 0.201. The van der Waals surface area contributed by atoms with Crippen LogP contribution in [0.25, 0.3) is 22.3 Å². The van der Waals surface area contributed by atoms with Gasteiger partial charge in [-0.25, -0.2) is 9.37 Å². The Kier molecular flexibility index (Phi) is 2.45. The van der Waals surface area contributed by atoms with E-state index in [9.17, 15) is 4.39 Å². The number of furan rings is 1. The van der Waals surface area contributed by atoms with Crippen molar-refractivity contribution in [1.82, 2.24) is 4.98 Å². The second kappa shape index (κ2) is 3.99. The summed E-state index contributed by atoms with van der Waals surface area (Å²) < 4.78 is 19.0. The van der Waals surface area contributed by atoms with Gasteiger partial charge in [-0.2, -0.15) is 0 Å². The van der Waals surface area contributed by atoms with E-state index in [0.717, 1.165) is 0 Å². The standard InChI is InChI=1S/C13H8ClFN2O/c14-8-5-9(13(16)17-6-8)11-4-7-2-1-3-10(15)12(7)18-11/h1-6H,(H2,16,17). The lowest BCUT2D eigenvalue weighted by atomic mass is 10.2. The molecule has 5 heteroatoms. The molecule has 3 aromatic rings. The van der Waals surface area contributed by atoms with Crippen LogP contribution in [-0.4, -0.2) is 4.98 Å². The van der Waals surface area contributed by atoms with E-state index >= 15 is 0 Å². The molecule has 0 spiro atoms. The van der Waals surface area contributed by atoms with E-state index in [1.165, 1.54) is 12.3 Å². The summed E-state index contributed by atoms with van der Waals surface area (Å²) in [6.07, 6.45) is 1.45. The highest BCUT2D eigenvalue weighted by Crippen LogP contribution is 2.32. The fraction of sp³-hybridized carbons (Fsp3) is 0. The van der Waals surface area contributed by atoms with Gasteiger partial charge in [0.25, 0.3) is 0 Å². The predicted octanol–water partition coefficient (Wildman–Crippen LogP) is 3.87. The Bertz CT molecular complexity index is 739. The van der Waals surface area contributed by atoms with Crippen LogP contribution in [0, 0.1) is 5.82 Å². The van der Waals surface area contributed by atoms with Crippen molar-refractivity contribution in [3.8, 4) is 11.3 Å². The topological polar surface area (TPSA) is 52.0 Å². The molecule has 0 unspecified atom stereocenters. The number of nitrogens with zero attached hydrogens (tertiary/aromatic N) is 1. The van der Waals surface area contributed by atoms with Crippen LogP contribution in [0.3, 0.4) is 0 Å². The zero-order valence-electron chi connectivity index (χ0n) is 9.15. The lowest BCUT2D eigenvalue weighted by Crippen LogP contribution is -1.92. The third-order valence-electron chi connectivity index (χ3n) is 2.65. The molecule has 90 valence electrons. The maximum Gasteiger partial charge on any atom is 0.170 e. The van der Waals surface area contributed by atoms with Crippen LogP contribution in [0.4, 0.5) is 10.2 Å². The number of aromatic nitrogens is 1. The van der Waals surface area contributed by atoms with Gasteiger partial charge >= 0.3 is 0 Å². The summed E-state index contributed by atoms with van der Waals surface area (Å²) in [7, 11) is 0. The van der Waals surface area contributed by atoms with Crippen LogP contribution in [0.2, 0.25) is 5.02 Å². The number of fused-ring (bicyclic) bond motifs is 1. The van der Waals surface area contributed by atoms with Crippen molar-refractivity contribution in [2.45, 2.75) is 0 Å². The highest BCUT2D eigenvalue weighted by Gasteiger charge is 2.12. The van der Waals surface area contributed by atoms with Crippen LogP contribution < -0.4 is 5.73 Å². The average molecular weight is 263 g/mol. The number of anilines is 1. The van der Waals surface area contributed by atoms with Gasteiger partial charge in [0.2, 0.25) is 0 Å². The Labute approximate surface area is 107 Å². The highest BCUT2D eigenvalue weighted by molar-refractivity contribution is 6.30. The Morgan fingerprint density at radius 2 is 2.11 bits per heavy atom. The maximum atomic E-state index is 13.5. The number of pyridine rings is 1. The summed E-state index contributed by atoms with van der Waals surface area (Å²) in [5, 5.41) is 1.12. The lowest BCUT2D eigenvalue weighted by molar-refractivity contribution is 0.569. The number of rotatable bonds is 1. The molecule has 1 aromatic carbocycles. The zero-order chi connectivity index (χ0) is 12.7. The van der Waals surface area contributed by atoms with Gasteiger partial charge in [0, 0.05) is 11.6 Å². The third kappa shape index (κ3) is 1.71. The first-order valence-electron chi connectivity index (χ1n) is 5.24.